The van der Waals surface area contributed by atoms with Crippen molar-refractivity contribution in [2.24, 2.45) is 5.92 Å². The zero-order chi connectivity index (χ0) is 14.1. The van der Waals surface area contributed by atoms with Gasteiger partial charge >= 0.3 is 6.09 Å². The van der Waals surface area contributed by atoms with Gasteiger partial charge in [0.05, 0.1) is 0 Å². The van der Waals surface area contributed by atoms with Crippen LogP contribution in [0.2, 0.25) is 0 Å². The summed E-state index contributed by atoms with van der Waals surface area (Å²) in [5.41, 5.74) is 1.25. The molecular weight excluding hydrogens is 260 g/mol. The second-order valence-corrected chi connectivity index (χ2v) is 5.01. The Morgan fingerprint density at radius 3 is 2.40 bits per heavy atom. The van der Waals surface area contributed by atoms with Gasteiger partial charge in [-0.3, -0.25) is 14.9 Å². The topological polar surface area (TPSA) is 84.5 Å². The fraction of sp³-hybridized carbons (Fsp3) is 0.357. The van der Waals surface area contributed by atoms with Crippen LogP contribution in [0.5, 0.6) is 0 Å². The molecule has 3 rings (SSSR count). The molecule has 2 aliphatic rings. The Labute approximate surface area is 115 Å². The largest absolute Gasteiger partial charge is 0.431 e. The Kier molecular flexibility index (Phi) is 3.14. The van der Waals surface area contributed by atoms with E-state index in [-0.39, 0.29) is 11.8 Å². The average molecular weight is 274 g/mol. The number of carbonyl (C=O) groups is 3. The van der Waals surface area contributed by atoms with Crippen molar-refractivity contribution in [1.82, 2.24) is 5.32 Å². The molecule has 0 radical (unpaired) electrons. The number of carbonyl (C=O) groups excluding carboxylic acids is 3. The third kappa shape index (κ3) is 2.36. The quantitative estimate of drug-likeness (QED) is 0.879. The van der Waals surface area contributed by atoms with E-state index in [0.29, 0.717) is 11.3 Å². The van der Waals surface area contributed by atoms with Crippen molar-refractivity contribution in [3.63, 3.8) is 0 Å². The van der Waals surface area contributed by atoms with E-state index in [0.717, 1.165) is 19.3 Å². The van der Waals surface area contributed by atoms with Gasteiger partial charge in [0.25, 0.3) is 5.91 Å². The van der Waals surface area contributed by atoms with Crippen LogP contribution in [0.25, 0.3) is 0 Å². The molecule has 0 spiro atoms. The van der Waals surface area contributed by atoms with Gasteiger partial charge in [-0.05, 0) is 25.0 Å². The highest BCUT2D eigenvalue weighted by Gasteiger charge is 2.33. The van der Waals surface area contributed by atoms with Gasteiger partial charge in [-0.25, -0.2) is 4.79 Å². The van der Waals surface area contributed by atoms with Crippen molar-refractivity contribution < 1.29 is 19.1 Å². The van der Waals surface area contributed by atoms with Gasteiger partial charge in [0, 0.05) is 17.2 Å². The Bertz CT molecular complexity index is 563. The molecule has 0 aromatic heterocycles. The van der Waals surface area contributed by atoms with Crippen LogP contribution >= 0.6 is 0 Å². The lowest BCUT2D eigenvalue weighted by atomic mass is 9.85. The number of imide groups is 1. The lowest BCUT2D eigenvalue weighted by molar-refractivity contribution is -0.124. The lowest BCUT2D eigenvalue weighted by Crippen LogP contribution is -2.28. The van der Waals surface area contributed by atoms with Crippen LogP contribution in [-0.2, 0) is 14.3 Å². The van der Waals surface area contributed by atoms with Crippen molar-refractivity contribution in [2.45, 2.75) is 25.4 Å². The Hall–Kier alpha value is -2.37. The highest BCUT2D eigenvalue weighted by atomic mass is 16.6. The third-order valence-electron chi connectivity index (χ3n) is 3.65. The average Bonchev–Trinajstić information content (AvgIpc) is 2.67. The van der Waals surface area contributed by atoms with Gasteiger partial charge in [0.15, 0.2) is 0 Å². The maximum atomic E-state index is 11.8. The van der Waals surface area contributed by atoms with Gasteiger partial charge in [0.1, 0.15) is 0 Å². The molecule has 1 aromatic carbocycles. The summed E-state index contributed by atoms with van der Waals surface area (Å²) in [7, 11) is 0. The second kappa shape index (κ2) is 4.96. The zero-order valence-electron chi connectivity index (χ0n) is 10.7. The molecule has 6 heteroatoms. The van der Waals surface area contributed by atoms with Gasteiger partial charge in [-0.1, -0.05) is 18.6 Å². The summed E-state index contributed by atoms with van der Waals surface area (Å²) in [6.45, 7) is 0. The zero-order valence-corrected chi connectivity index (χ0v) is 10.7. The number of benzene rings is 1. The van der Waals surface area contributed by atoms with Crippen LogP contribution in [0.15, 0.2) is 24.3 Å². The summed E-state index contributed by atoms with van der Waals surface area (Å²) < 4.78 is 4.86. The fourth-order valence-corrected chi connectivity index (χ4v) is 2.23. The van der Waals surface area contributed by atoms with E-state index < -0.39 is 18.1 Å². The van der Waals surface area contributed by atoms with E-state index in [1.807, 2.05) is 0 Å². The number of anilines is 1. The highest BCUT2D eigenvalue weighted by molar-refractivity contribution is 6.00. The molecule has 1 aliphatic heterocycles. The molecule has 1 saturated heterocycles. The smallest absolute Gasteiger partial charge is 0.415 e. The van der Waals surface area contributed by atoms with E-state index in [1.54, 1.807) is 24.3 Å². The van der Waals surface area contributed by atoms with Crippen LogP contribution in [0.4, 0.5) is 10.5 Å². The minimum atomic E-state index is -0.904. The van der Waals surface area contributed by atoms with E-state index in [9.17, 15) is 14.4 Å². The molecular formula is C14H14N2O4. The maximum absolute atomic E-state index is 11.8. The van der Waals surface area contributed by atoms with Crippen molar-refractivity contribution in [3.05, 3.63) is 29.8 Å². The van der Waals surface area contributed by atoms with E-state index in [4.69, 9.17) is 4.74 Å². The predicted octanol–water partition coefficient (Wildman–Crippen LogP) is 1.73. The van der Waals surface area contributed by atoms with Crippen LogP contribution in [-0.4, -0.2) is 17.9 Å². The van der Waals surface area contributed by atoms with E-state index in [1.165, 1.54) is 0 Å². The van der Waals surface area contributed by atoms with Crippen LogP contribution in [0.3, 0.4) is 0 Å². The minimum Gasteiger partial charge on any atom is -0.431 e. The monoisotopic (exact) mass is 274 g/mol. The molecule has 3 amide bonds. The highest BCUT2D eigenvalue weighted by Crippen LogP contribution is 2.28. The predicted molar refractivity (Wildman–Crippen MR) is 69.8 cm³/mol. The van der Waals surface area contributed by atoms with Crippen molar-refractivity contribution in [1.29, 1.82) is 0 Å². The van der Waals surface area contributed by atoms with Gasteiger partial charge in [0.2, 0.25) is 12.0 Å². The first-order chi connectivity index (χ1) is 9.63. The number of hydrogen-bond donors (Lipinski definition) is 2. The number of rotatable bonds is 3. The summed E-state index contributed by atoms with van der Waals surface area (Å²) in [5.74, 6) is -0.313. The normalized spacial score (nSPS) is 21.9. The first-order valence-electron chi connectivity index (χ1n) is 6.56. The summed E-state index contributed by atoms with van der Waals surface area (Å²) >= 11 is 0. The first-order valence-corrected chi connectivity index (χ1v) is 6.56. The number of nitrogens with one attached hydrogen (secondary N) is 2. The fourth-order valence-electron chi connectivity index (χ4n) is 2.23. The molecule has 1 unspecified atom stereocenters. The van der Waals surface area contributed by atoms with Crippen LogP contribution in [0, 0.1) is 5.92 Å². The standard InChI is InChI=1S/C14H14N2O4/c17-12(9-2-1-3-9)15-10-6-4-8(5-7-10)11-13(18)16-14(19)20-11/h4-7,9,11H,1-3H2,(H,15,17)(H,16,18,19). The molecule has 0 bridgehead atoms. The van der Waals surface area contributed by atoms with Gasteiger partial charge in [-0.15, -0.1) is 0 Å². The molecule has 6 nitrogen and oxygen atoms in total. The summed E-state index contributed by atoms with van der Waals surface area (Å²) in [6.07, 6.45) is 1.37. The van der Waals surface area contributed by atoms with Crippen LogP contribution in [0.1, 0.15) is 30.9 Å². The molecule has 1 atom stereocenters. The Morgan fingerprint density at radius 2 is 1.90 bits per heavy atom. The molecule has 20 heavy (non-hydrogen) atoms. The number of ether oxygens (including phenoxy) is 1. The first kappa shape index (κ1) is 12.7. The van der Waals surface area contributed by atoms with Crippen molar-refractivity contribution >= 4 is 23.6 Å². The molecule has 104 valence electrons. The van der Waals surface area contributed by atoms with E-state index in [2.05, 4.69) is 10.6 Å². The van der Waals surface area contributed by atoms with Gasteiger partial charge in [-0.2, -0.15) is 0 Å². The van der Waals surface area contributed by atoms with Gasteiger partial charge < -0.3 is 10.1 Å². The molecule has 1 aromatic rings. The van der Waals surface area contributed by atoms with Crippen molar-refractivity contribution in [2.75, 3.05) is 5.32 Å². The SMILES string of the molecule is O=C1NC(=O)C(c2ccc(NC(=O)C3CCC3)cc2)O1. The minimum absolute atomic E-state index is 0.0361. The summed E-state index contributed by atoms with van der Waals surface area (Å²) in [6, 6.07) is 6.73. The van der Waals surface area contributed by atoms with Crippen molar-refractivity contribution in [3.8, 4) is 0 Å². The summed E-state index contributed by atoms with van der Waals surface area (Å²) in [5, 5.41) is 4.91. The number of hydrogen-bond acceptors (Lipinski definition) is 4. The molecule has 1 aliphatic carbocycles. The Morgan fingerprint density at radius 1 is 1.20 bits per heavy atom. The van der Waals surface area contributed by atoms with E-state index >= 15 is 0 Å². The third-order valence-corrected chi connectivity index (χ3v) is 3.65. The number of amides is 3. The second-order valence-electron chi connectivity index (χ2n) is 5.01. The number of alkyl carbamates (subject to hydrolysis) is 1. The molecule has 1 saturated carbocycles. The lowest BCUT2D eigenvalue weighted by Gasteiger charge is -2.24. The Balaban J connectivity index is 1.66. The maximum Gasteiger partial charge on any atom is 0.415 e. The molecule has 2 N–H and O–H groups in total. The molecule has 2 fully saturated rings. The van der Waals surface area contributed by atoms with Crippen LogP contribution < -0.4 is 10.6 Å². The molecule has 1 heterocycles. The summed E-state index contributed by atoms with van der Waals surface area (Å²) in [4.78, 5) is 34.2. The number of cyclic esters (lactones) is 1.